The molecule has 30 heavy (non-hydrogen) atoms. The molecule has 7 nitrogen and oxygen atoms in total. The Labute approximate surface area is 180 Å². The maximum atomic E-state index is 12.4. The Morgan fingerprint density at radius 1 is 1.20 bits per heavy atom. The number of carbonyl (C=O) groups excluding carboxylic acids is 1. The molecule has 1 N–H and O–H groups in total. The number of methoxy groups -OCH3 is 2. The molecule has 1 heterocycles. The molecule has 0 aliphatic carbocycles. The average Bonchev–Trinajstić information content (AvgIpc) is 3.07. The van der Waals surface area contributed by atoms with E-state index in [1.165, 1.54) is 7.11 Å². The molecule has 0 unspecified atom stereocenters. The summed E-state index contributed by atoms with van der Waals surface area (Å²) in [4.78, 5) is 25.8. The quantitative estimate of drug-likeness (QED) is 0.651. The summed E-state index contributed by atoms with van der Waals surface area (Å²) < 4.78 is 16.4. The Morgan fingerprint density at radius 2 is 2.00 bits per heavy atom. The molecule has 160 valence electrons. The smallest absolute Gasteiger partial charge is 0.309 e. The van der Waals surface area contributed by atoms with Crippen LogP contribution >= 0.6 is 11.6 Å². The van der Waals surface area contributed by atoms with Crippen molar-refractivity contribution in [2.45, 2.75) is 19.1 Å². The van der Waals surface area contributed by atoms with E-state index in [0.717, 1.165) is 5.56 Å². The molecule has 0 radical (unpaired) electrons. The van der Waals surface area contributed by atoms with Gasteiger partial charge in [-0.3, -0.25) is 9.59 Å². The lowest BCUT2D eigenvalue weighted by molar-refractivity contribution is -0.142. The molecule has 3 rings (SSSR count). The van der Waals surface area contributed by atoms with Gasteiger partial charge >= 0.3 is 5.97 Å². The molecular formula is C22H24ClNO6. The summed E-state index contributed by atoms with van der Waals surface area (Å²) in [5.74, 6) is -1.07. The van der Waals surface area contributed by atoms with Crippen LogP contribution in [0.4, 0.5) is 0 Å². The molecule has 2 aromatic carbocycles. The summed E-state index contributed by atoms with van der Waals surface area (Å²) in [5, 5.41) is 10.3. The van der Waals surface area contributed by atoms with Crippen LogP contribution in [0.5, 0.6) is 11.5 Å². The van der Waals surface area contributed by atoms with Gasteiger partial charge in [0.15, 0.2) is 11.5 Å². The minimum absolute atomic E-state index is 0.0426. The van der Waals surface area contributed by atoms with E-state index in [2.05, 4.69) is 0 Å². The molecule has 1 amide bonds. The van der Waals surface area contributed by atoms with E-state index in [4.69, 9.17) is 25.8 Å². The minimum Gasteiger partial charge on any atom is -0.493 e. The number of ether oxygens (including phenoxy) is 3. The van der Waals surface area contributed by atoms with Crippen molar-refractivity contribution >= 4 is 23.5 Å². The van der Waals surface area contributed by atoms with Gasteiger partial charge in [-0.1, -0.05) is 29.8 Å². The van der Waals surface area contributed by atoms with E-state index < -0.39 is 17.9 Å². The number of halogens is 1. The van der Waals surface area contributed by atoms with Gasteiger partial charge in [0.05, 0.1) is 25.7 Å². The van der Waals surface area contributed by atoms with Crippen molar-refractivity contribution in [2.24, 2.45) is 5.92 Å². The van der Waals surface area contributed by atoms with E-state index in [0.29, 0.717) is 41.8 Å². The molecule has 1 aliphatic heterocycles. The van der Waals surface area contributed by atoms with Gasteiger partial charge in [0.2, 0.25) is 5.91 Å². The molecule has 1 saturated heterocycles. The van der Waals surface area contributed by atoms with Gasteiger partial charge in [0, 0.05) is 25.1 Å². The summed E-state index contributed by atoms with van der Waals surface area (Å²) in [5.41, 5.74) is 1.59. The van der Waals surface area contributed by atoms with Crippen LogP contribution in [0.1, 0.15) is 23.6 Å². The third kappa shape index (κ3) is 4.86. The molecular weight excluding hydrogens is 410 g/mol. The van der Waals surface area contributed by atoms with Crippen molar-refractivity contribution in [3.05, 3.63) is 58.6 Å². The highest BCUT2D eigenvalue weighted by atomic mass is 35.5. The van der Waals surface area contributed by atoms with E-state index in [1.54, 1.807) is 36.3 Å². The van der Waals surface area contributed by atoms with Crippen LogP contribution in [0.3, 0.4) is 0 Å². The number of carboxylic acid groups (broad SMARTS) is 1. The fraction of sp³-hybridized carbons (Fsp3) is 0.364. The second kappa shape index (κ2) is 9.82. The number of hydrogen-bond donors (Lipinski definition) is 1. The number of hydrogen-bond acceptors (Lipinski definition) is 5. The topological polar surface area (TPSA) is 85.3 Å². The number of benzene rings is 2. The van der Waals surface area contributed by atoms with Gasteiger partial charge in [-0.25, -0.2) is 0 Å². The van der Waals surface area contributed by atoms with Crippen molar-refractivity contribution in [3.63, 3.8) is 0 Å². The highest BCUT2D eigenvalue weighted by Gasteiger charge is 2.44. The lowest BCUT2D eigenvalue weighted by atomic mass is 9.93. The molecule has 2 atom stereocenters. The first-order chi connectivity index (χ1) is 14.4. The number of amides is 1. The Kier molecular flexibility index (Phi) is 7.18. The number of nitrogens with zero attached hydrogens (tertiary/aromatic N) is 1. The third-order valence-corrected chi connectivity index (χ3v) is 5.33. The number of rotatable bonds is 9. The van der Waals surface area contributed by atoms with Crippen molar-refractivity contribution in [3.8, 4) is 11.5 Å². The maximum Gasteiger partial charge on any atom is 0.309 e. The molecule has 0 spiro atoms. The summed E-state index contributed by atoms with van der Waals surface area (Å²) in [6.07, 6.45) is -0.0426. The van der Waals surface area contributed by atoms with Crippen molar-refractivity contribution in [1.82, 2.24) is 4.90 Å². The van der Waals surface area contributed by atoms with Gasteiger partial charge < -0.3 is 24.2 Å². The number of likely N-dealkylation sites (tertiary alicyclic amines) is 1. The highest BCUT2D eigenvalue weighted by Crippen LogP contribution is 2.41. The van der Waals surface area contributed by atoms with Gasteiger partial charge in [0.1, 0.15) is 6.61 Å². The normalized spacial score (nSPS) is 18.5. The molecule has 1 fully saturated rings. The zero-order valence-electron chi connectivity index (χ0n) is 16.8. The second-order valence-electron chi connectivity index (χ2n) is 7.00. The average molecular weight is 434 g/mol. The lowest BCUT2D eigenvalue weighted by Gasteiger charge is -2.27. The Balaban J connectivity index is 1.85. The van der Waals surface area contributed by atoms with Gasteiger partial charge in [-0.2, -0.15) is 0 Å². The summed E-state index contributed by atoms with van der Waals surface area (Å²) in [6, 6.07) is 12.0. The van der Waals surface area contributed by atoms with Crippen LogP contribution < -0.4 is 9.47 Å². The van der Waals surface area contributed by atoms with E-state index in [1.807, 2.05) is 18.2 Å². The standard InChI is InChI=1S/C22H24ClNO6/c1-28-9-8-24-20(25)12-17(22(26)27)21(24)15-6-7-18(19(11-15)29-2)30-13-14-4-3-5-16(23)10-14/h3-7,10-11,17,21H,8-9,12-13H2,1-2H3,(H,26,27)/t17-,21-/m1/s1. The Hall–Kier alpha value is -2.77. The molecule has 0 aromatic heterocycles. The van der Waals surface area contributed by atoms with Crippen molar-refractivity contribution in [2.75, 3.05) is 27.4 Å². The SMILES string of the molecule is COCCN1C(=O)C[C@@H](C(=O)O)[C@H]1c1ccc(OCc2cccc(Cl)c2)c(OC)c1. The molecule has 8 heteroatoms. The monoisotopic (exact) mass is 433 g/mol. The van der Waals surface area contributed by atoms with Gasteiger partial charge in [0.25, 0.3) is 0 Å². The first-order valence-electron chi connectivity index (χ1n) is 9.51. The predicted molar refractivity (Wildman–Crippen MR) is 111 cm³/mol. The first-order valence-corrected chi connectivity index (χ1v) is 9.88. The number of carboxylic acids is 1. The summed E-state index contributed by atoms with van der Waals surface area (Å²) >= 11 is 6.01. The van der Waals surface area contributed by atoms with E-state index in [-0.39, 0.29) is 12.3 Å². The van der Waals surface area contributed by atoms with Crippen LogP contribution in [0.25, 0.3) is 0 Å². The largest absolute Gasteiger partial charge is 0.493 e. The van der Waals surface area contributed by atoms with Gasteiger partial charge in [-0.05, 0) is 35.4 Å². The summed E-state index contributed by atoms with van der Waals surface area (Å²) in [7, 11) is 3.06. The molecule has 0 bridgehead atoms. The molecule has 2 aromatic rings. The molecule has 0 saturated carbocycles. The number of carbonyl (C=O) groups is 2. The van der Waals surface area contributed by atoms with E-state index in [9.17, 15) is 14.7 Å². The van der Waals surface area contributed by atoms with Crippen LogP contribution in [0.2, 0.25) is 5.02 Å². The van der Waals surface area contributed by atoms with Gasteiger partial charge in [-0.15, -0.1) is 0 Å². The zero-order chi connectivity index (χ0) is 21.7. The fourth-order valence-corrected chi connectivity index (χ4v) is 3.87. The third-order valence-electron chi connectivity index (χ3n) is 5.10. The van der Waals surface area contributed by atoms with Crippen LogP contribution in [-0.4, -0.2) is 49.3 Å². The maximum absolute atomic E-state index is 12.4. The van der Waals surface area contributed by atoms with Crippen molar-refractivity contribution in [1.29, 1.82) is 0 Å². The minimum atomic E-state index is -1.01. The van der Waals surface area contributed by atoms with E-state index >= 15 is 0 Å². The highest BCUT2D eigenvalue weighted by molar-refractivity contribution is 6.30. The Bertz CT molecular complexity index is 918. The van der Waals surface area contributed by atoms with Crippen molar-refractivity contribution < 1.29 is 28.9 Å². The van der Waals surface area contributed by atoms with Crippen LogP contribution in [0, 0.1) is 5.92 Å². The second-order valence-corrected chi connectivity index (χ2v) is 7.44. The molecule has 1 aliphatic rings. The predicted octanol–water partition coefficient (Wildman–Crippen LogP) is 3.55. The zero-order valence-corrected chi connectivity index (χ0v) is 17.6. The summed E-state index contributed by atoms with van der Waals surface area (Å²) in [6.45, 7) is 0.946. The van der Waals surface area contributed by atoms with Crippen LogP contribution in [-0.2, 0) is 20.9 Å². The lowest BCUT2D eigenvalue weighted by Crippen LogP contribution is -2.33. The first kappa shape index (κ1) is 21.9. The number of aliphatic carboxylic acids is 1. The Morgan fingerprint density at radius 3 is 2.67 bits per heavy atom. The van der Waals surface area contributed by atoms with Crippen LogP contribution in [0.15, 0.2) is 42.5 Å². The fourth-order valence-electron chi connectivity index (χ4n) is 3.65.